The maximum absolute atomic E-state index is 4.77. The Kier molecular flexibility index (Phi) is 32.5. The molecule has 0 aliphatic carbocycles. The predicted molar refractivity (Wildman–Crippen MR) is 196 cm³/mol. The van der Waals surface area contributed by atoms with Gasteiger partial charge >= 0.3 is 0 Å². The van der Waals surface area contributed by atoms with E-state index in [2.05, 4.69) is 23.8 Å². The molecule has 0 atom stereocenters. The summed E-state index contributed by atoms with van der Waals surface area (Å²) >= 11 is 0. The first kappa shape index (κ1) is 41.0. The number of hydrogen-bond acceptors (Lipinski definition) is 3. The molecule has 0 saturated heterocycles. The van der Waals surface area contributed by atoms with Crippen molar-refractivity contribution in [3.05, 3.63) is 18.0 Å². The summed E-state index contributed by atoms with van der Waals surface area (Å²) in [5.41, 5.74) is 0. The summed E-state index contributed by atoms with van der Waals surface area (Å²) in [6.45, 7) is 4.60. The van der Waals surface area contributed by atoms with Gasteiger partial charge in [0.25, 0.3) is 0 Å². The molecule has 258 valence electrons. The molecule has 1 heterocycles. The molecule has 0 saturated carbocycles. The molecule has 0 aliphatic heterocycles. The van der Waals surface area contributed by atoms with Crippen molar-refractivity contribution in [2.24, 2.45) is 0 Å². The van der Waals surface area contributed by atoms with E-state index in [1.165, 1.54) is 218 Å². The van der Waals surface area contributed by atoms with Crippen molar-refractivity contribution in [1.82, 2.24) is 15.0 Å². The number of aromatic nitrogens is 3. The molecule has 0 bridgehead atoms. The highest BCUT2D eigenvalue weighted by molar-refractivity contribution is 4.91. The van der Waals surface area contributed by atoms with Gasteiger partial charge in [-0.2, -0.15) is 0 Å². The summed E-state index contributed by atoms with van der Waals surface area (Å²) in [6, 6.07) is 0. The lowest BCUT2D eigenvalue weighted by Crippen LogP contribution is -2.02. The topological polar surface area (TPSA) is 38.7 Å². The van der Waals surface area contributed by atoms with E-state index in [9.17, 15) is 0 Å². The van der Waals surface area contributed by atoms with Crippen LogP contribution in [0.2, 0.25) is 0 Å². The van der Waals surface area contributed by atoms with E-state index in [0.717, 1.165) is 24.5 Å². The average Bonchev–Trinajstić information content (AvgIpc) is 3.04. The van der Waals surface area contributed by atoms with E-state index in [0.29, 0.717) is 0 Å². The molecular formula is C41H79N3. The molecule has 1 aromatic rings. The Bertz CT molecular complexity index is 622. The van der Waals surface area contributed by atoms with Crippen LogP contribution in [-0.2, 0) is 12.8 Å². The highest BCUT2D eigenvalue weighted by Gasteiger charge is 2.03. The Morgan fingerprint density at radius 1 is 0.295 bits per heavy atom. The van der Waals surface area contributed by atoms with Crippen molar-refractivity contribution in [3.8, 4) is 0 Å². The third-order valence-electron chi connectivity index (χ3n) is 9.68. The van der Waals surface area contributed by atoms with Gasteiger partial charge in [-0.25, -0.2) is 15.0 Å². The Hall–Kier alpha value is -0.990. The lowest BCUT2D eigenvalue weighted by molar-refractivity contribution is 0.525. The monoisotopic (exact) mass is 614 g/mol. The number of unbranched alkanes of at least 4 members (excludes halogenated alkanes) is 32. The Labute approximate surface area is 277 Å². The fourth-order valence-electron chi connectivity index (χ4n) is 6.63. The molecule has 1 rings (SSSR count). The van der Waals surface area contributed by atoms with Crippen LogP contribution in [0, 0.1) is 0 Å². The number of nitrogens with zero attached hydrogens (tertiary/aromatic N) is 3. The second-order valence-corrected chi connectivity index (χ2v) is 14.1. The first-order chi connectivity index (χ1) is 21.9. The zero-order valence-electron chi connectivity index (χ0n) is 30.4. The largest absolute Gasteiger partial charge is 0.221 e. The fraction of sp³-hybridized carbons (Fsp3) is 0.927. The van der Waals surface area contributed by atoms with Gasteiger partial charge in [-0.15, -0.1) is 0 Å². The molecule has 0 aliphatic rings. The second kappa shape index (κ2) is 34.9. The molecule has 0 fully saturated rings. The normalized spacial score (nSPS) is 11.5. The molecular weight excluding hydrogens is 534 g/mol. The van der Waals surface area contributed by atoms with Gasteiger partial charge in [-0.3, -0.25) is 0 Å². The van der Waals surface area contributed by atoms with Crippen molar-refractivity contribution in [3.63, 3.8) is 0 Å². The molecule has 3 nitrogen and oxygen atoms in total. The van der Waals surface area contributed by atoms with Gasteiger partial charge in [0.2, 0.25) is 0 Å². The lowest BCUT2D eigenvalue weighted by Gasteiger charge is -2.05. The van der Waals surface area contributed by atoms with Crippen LogP contribution in [0.4, 0.5) is 0 Å². The van der Waals surface area contributed by atoms with E-state index < -0.39 is 0 Å². The summed E-state index contributed by atoms with van der Waals surface area (Å²) in [4.78, 5) is 13.7. The predicted octanol–water partition coefficient (Wildman–Crippen LogP) is 14.3. The molecule has 1 aromatic heterocycles. The molecule has 0 N–H and O–H groups in total. The highest BCUT2D eigenvalue weighted by atomic mass is 15.0. The molecule has 0 aromatic carbocycles. The van der Waals surface area contributed by atoms with Gasteiger partial charge in [-0.05, 0) is 12.8 Å². The van der Waals surface area contributed by atoms with E-state index in [4.69, 9.17) is 4.98 Å². The van der Waals surface area contributed by atoms with E-state index in [-0.39, 0.29) is 0 Å². The van der Waals surface area contributed by atoms with Crippen LogP contribution in [0.3, 0.4) is 0 Å². The quantitative estimate of drug-likeness (QED) is 0.0707. The molecule has 0 radical (unpaired) electrons. The van der Waals surface area contributed by atoms with Gasteiger partial charge in [-0.1, -0.05) is 219 Å². The second-order valence-electron chi connectivity index (χ2n) is 14.1. The molecule has 0 spiro atoms. The summed E-state index contributed by atoms with van der Waals surface area (Å²) in [5.74, 6) is 2.03. The maximum atomic E-state index is 4.77. The van der Waals surface area contributed by atoms with Crippen LogP contribution in [0.5, 0.6) is 0 Å². The lowest BCUT2D eigenvalue weighted by atomic mass is 10.0. The summed E-state index contributed by atoms with van der Waals surface area (Å²) < 4.78 is 0. The van der Waals surface area contributed by atoms with Crippen LogP contribution in [0.25, 0.3) is 0 Å². The van der Waals surface area contributed by atoms with E-state index in [1.807, 2.05) is 0 Å². The minimum Gasteiger partial charge on any atom is -0.221 e. The van der Waals surface area contributed by atoms with E-state index >= 15 is 0 Å². The smallest absolute Gasteiger partial charge is 0.132 e. The minimum absolute atomic E-state index is 1.02. The fourth-order valence-corrected chi connectivity index (χ4v) is 6.63. The summed E-state index contributed by atoms with van der Waals surface area (Å²) in [5, 5.41) is 0. The van der Waals surface area contributed by atoms with Crippen molar-refractivity contribution in [1.29, 1.82) is 0 Å². The Morgan fingerprint density at radius 2 is 0.500 bits per heavy atom. The van der Waals surface area contributed by atoms with Crippen LogP contribution in [0.15, 0.2) is 6.33 Å². The number of aryl methyl sites for hydroxylation is 2. The molecule has 0 unspecified atom stereocenters. The van der Waals surface area contributed by atoms with Gasteiger partial charge in [0.1, 0.15) is 18.0 Å². The van der Waals surface area contributed by atoms with Crippen LogP contribution >= 0.6 is 0 Å². The maximum Gasteiger partial charge on any atom is 0.132 e. The summed E-state index contributed by atoms with van der Waals surface area (Å²) in [7, 11) is 0. The molecule has 44 heavy (non-hydrogen) atoms. The van der Waals surface area contributed by atoms with Gasteiger partial charge in [0, 0.05) is 12.8 Å². The first-order valence-corrected chi connectivity index (χ1v) is 20.5. The zero-order chi connectivity index (χ0) is 31.4. The van der Waals surface area contributed by atoms with Crippen molar-refractivity contribution in [2.45, 2.75) is 245 Å². The number of hydrogen-bond donors (Lipinski definition) is 0. The standard InChI is InChI=1S/C41H79N3/c1-3-5-7-9-11-13-15-17-19-21-23-25-27-29-31-33-35-37-40-42-39-43-41(44-40)38-36-34-32-30-28-26-24-22-20-18-16-14-12-10-8-6-4-2/h39H,3-38H2,1-2H3. The highest BCUT2D eigenvalue weighted by Crippen LogP contribution is 2.16. The zero-order valence-corrected chi connectivity index (χ0v) is 30.4. The van der Waals surface area contributed by atoms with Gasteiger partial charge in [0.15, 0.2) is 0 Å². The Balaban J connectivity index is 1.83. The minimum atomic E-state index is 1.02. The van der Waals surface area contributed by atoms with E-state index in [1.54, 1.807) is 6.33 Å². The molecule has 3 heteroatoms. The van der Waals surface area contributed by atoms with Crippen LogP contribution < -0.4 is 0 Å². The van der Waals surface area contributed by atoms with Crippen molar-refractivity contribution >= 4 is 0 Å². The molecule has 0 amide bonds. The SMILES string of the molecule is CCCCCCCCCCCCCCCCCCCc1ncnc(CCCCCCCCCCCCCCCCCCC)n1. The Morgan fingerprint density at radius 3 is 0.727 bits per heavy atom. The van der Waals surface area contributed by atoms with Crippen LogP contribution in [-0.4, -0.2) is 15.0 Å². The van der Waals surface area contributed by atoms with Crippen molar-refractivity contribution < 1.29 is 0 Å². The third-order valence-corrected chi connectivity index (χ3v) is 9.68. The number of rotatable bonds is 36. The average molecular weight is 614 g/mol. The van der Waals surface area contributed by atoms with Gasteiger partial charge < -0.3 is 0 Å². The van der Waals surface area contributed by atoms with Gasteiger partial charge in [0.05, 0.1) is 0 Å². The third kappa shape index (κ3) is 29.7. The first-order valence-electron chi connectivity index (χ1n) is 20.5. The van der Waals surface area contributed by atoms with Crippen LogP contribution in [0.1, 0.15) is 244 Å². The summed E-state index contributed by atoms with van der Waals surface area (Å²) in [6.07, 6.45) is 52.0. The van der Waals surface area contributed by atoms with Crippen molar-refractivity contribution in [2.75, 3.05) is 0 Å².